The van der Waals surface area contributed by atoms with E-state index in [1.807, 2.05) is 18.7 Å². The molecule has 0 aliphatic heterocycles. The number of nitrogens with zero attached hydrogens (tertiary/aromatic N) is 2. The number of aromatic nitrogens is 1. The maximum atomic E-state index is 12.7. The molecule has 2 aromatic carbocycles. The van der Waals surface area contributed by atoms with Gasteiger partial charge in [0.25, 0.3) is 10.0 Å². The maximum Gasteiger partial charge on any atom is 0.337 e. The minimum absolute atomic E-state index is 0.00578. The number of sulfonamides is 1. The number of carbonyl (C=O) groups is 1. The molecule has 164 valence electrons. The highest BCUT2D eigenvalue weighted by Crippen LogP contribution is 2.27. The van der Waals surface area contributed by atoms with Gasteiger partial charge >= 0.3 is 5.97 Å². The Morgan fingerprint density at radius 2 is 1.87 bits per heavy atom. The van der Waals surface area contributed by atoms with Gasteiger partial charge < -0.3 is 14.5 Å². The van der Waals surface area contributed by atoms with Crippen LogP contribution >= 0.6 is 0 Å². The lowest BCUT2D eigenvalue weighted by atomic mass is 10.1. The Bertz CT molecular complexity index is 1200. The van der Waals surface area contributed by atoms with Gasteiger partial charge in [0.05, 0.1) is 21.8 Å². The van der Waals surface area contributed by atoms with Crippen LogP contribution in [0.4, 0.5) is 11.4 Å². The SMILES string of the molecule is Cc1ccccc1S(=O)(=O)Nc1ccc(N(C)CCc2c(C)noc2C)c(C(=O)O)c1. The number of anilines is 2. The Hall–Kier alpha value is -3.33. The first-order chi connectivity index (χ1) is 14.6. The van der Waals surface area contributed by atoms with Crippen LogP contribution in [-0.2, 0) is 16.4 Å². The molecule has 0 saturated heterocycles. The topological polar surface area (TPSA) is 113 Å². The minimum atomic E-state index is -3.84. The third kappa shape index (κ3) is 4.88. The molecule has 2 N–H and O–H groups in total. The summed E-state index contributed by atoms with van der Waals surface area (Å²) in [6, 6.07) is 11.1. The van der Waals surface area contributed by atoms with E-state index >= 15 is 0 Å². The van der Waals surface area contributed by atoms with Crippen molar-refractivity contribution in [1.29, 1.82) is 0 Å². The highest BCUT2D eigenvalue weighted by molar-refractivity contribution is 7.92. The summed E-state index contributed by atoms with van der Waals surface area (Å²) >= 11 is 0. The van der Waals surface area contributed by atoms with Crippen molar-refractivity contribution in [3.05, 3.63) is 70.6 Å². The maximum absolute atomic E-state index is 12.7. The molecule has 3 aromatic rings. The predicted octanol–water partition coefficient (Wildman–Crippen LogP) is 3.78. The van der Waals surface area contributed by atoms with Gasteiger partial charge in [-0.25, -0.2) is 13.2 Å². The summed E-state index contributed by atoms with van der Waals surface area (Å²) in [5.41, 5.74) is 3.08. The van der Waals surface area contributed by atoms with Gasteiger partial charge in [-0.3, -0.25) is 4.72 Å². The van der Waals surface area contributed by atoms with Crippen LogP contribution in [-0.4, -0.2) is 38.2 Å². The van der Waals surface area contributed by atoms with Crippen molar-refractivity contribution in [3.8, 4) is 0 Å². The summed E-state index contributed by atoms with van der Waals surface area (Å²) in [7, 11) is -2.05. The summed E-state index contributed by atoms with van der Waals surface area (Å²) in [5, 5.41) is 13.6. The molecular formula is C22H25N3O5S. The zero-order valence-corrected chi connectivity index (χ0v) is 18.7. The lowest BCUT2D eigenvalue weighted by Crippen LogP contribution is -2.23. The first-order valence-corrected chi connectivity index (χ1v) is 11.2. The molecule has 0 fully saturated rings. The third-order valence-corrected chi connectivity index (χ3v) is 6.69. The van der Waals surface area contributed by atoms with Gasteiger partial charge in [0, 0.05) is 24.8 Å². The quantitative estimate of drug-likeness (QED) is 0.545. The molecule has 8 nitrogen and oxygen atoms in total. The molecule has 1 heterocycles. The molecule has 3 rings (SSSR count). The van der Waals surface area contributed by atoms with E-state index in [1.54, 1.807) is 44.3 Å². The molecule has 0 unspecified atom stereocenters. The van der Waals surface area contributed by atoms with Crippen molar-refractivity contribution in [2.75, 3.05) is 23.2 Å². The van der Waals surface area contributed by atoms with Crippen LogP contribution < -0.4 is 9.62 Å². The molecule has 0 spiro atoms. The van der Waals surface area contributed by atoms with Gasteiger partial charge in [0.1, 0.15) is 5.76 Å². The zero-order chi connectivity index (χ0) is 22.8. The molecule has 0 saturated carbocycles. The number of aryl methyl sites for hydroxylation is 3. The molecule has 0 atom stereocenters. The van der Waals surface area contributed by atoms with E-state index in [2.05, 4.69) is 9.88 Å². The second-order valence-electron chi connectivity index (χ2n) is 7.38. The zero-order valence-electron chi connectivity index (χ0n) is 17.8. The molecule has 0 aliphatic carbocycles. The minimum Gasteiger partial charge on any atom is -0.478 e. The molecular weight excluding hydrogens is 418 g/mol. The first-order valence-electron chi connectivity index (χ1n) is 9.69. The summed E-state index contributed by atoms with van der Waals surface area (Å²) in [5.74, 6) is -0.401. The Morgan fingerprint density at radius 1 is 1.16 bits per heavy atom. The van der Waals surface area contributed by atoms with Crippen LogP contribution in [0, 0.1) is 20.8 Å². The fraction of sp³-hybridized carbons (Fsp3) is 0.273. The number of rotatable bonds is 8. The Morgan fingerprint density at radius 3 is 2.48 bits per heavy atom. The normalized spacial score (nSPS) is 11.4. The second-order valence-corrected chi connectivity index (χ2v) is 9.03. The molecule has 31 heavy (non-hydrogen) atoms. The van der Waals surface area contributed by atoms with E-state index in [1.165, 1.54) is 12.1 Å². The summed E-state index contributed by atoms with van der Waals surface area (Å²) < 4.78 is 33.1. The van der Waals surface area contributed by atoms with Gasteiger partial charge in [-0.15, -0.1) is 0 Å². The molecule has 9 heteroatoms. The van der Waals surface area contributed by atoms with Gasteiger partial charge in [0.2, 0.25) is 0 Å². The van der Waals surface area contributed by atoms with E-state index in [4.69, 9.17) is 4.52 Å². The van der Waals surface area contributed by atoms with Crippen LogP contribution in [0.1, 0.15) is 32.9 Å². The Labute approximate surface area is 181 Å². The molecule has 0 radical (unpaired) electrons. The van der Waals surface area contributed by atoms with Crippen LogP contribution in [0.2, 0.25) is 0 Å². The average Bonchev–Trinajstić information content (AvgIpc) is 3.03. The number of likely N-dealkylation sites (N-methyl/N-ethyl adjacent to an activating group) is 1. The van der Waals surface area contributed by atoms with Crippen LogP contribution in [0.5, 0.6) is 0 Å². The summed E-state index contributed by atoms with van der Waals surface area (Å²) in [6.07, 6.45) is 0.637. The van der Waals surface area contributed by atoms with Crippen LogP contribution in [0.25, 0.3) is 0 Å². The smallest absolute Gasteiger partial charge is 0.337 e. The first kappa shape index (κ1) is 22.4. The number of nitrogens with one attached hydrogen (secondary N) is 1. The second kappa shape index (κ2) is 8.81. The molecule has 1 aromatic heterocycles. The lowest BCUT2D eigenvalue weighted by molar-refractivity contribution is 0.0697. The number of hydrogen-bond acceptors (Lipinski definition) is 6. The van der Waals surface area contributed by atoms with E-state index in [0.29, 0.717) is 24.2 Å². The highest BCUT2D eigenvalue weighted by atomic mass is 32.2. The lowest BCUT2D eigenvalue weighted by Gasteiger charge is -2.22. The van der Waals surface area contributed by atoms with Crippen molar-refractivity contribution in [2.24, 2.45) is 0 Å². The Kier molecular flexibility index (Phi) is 6.35. The molecule has 0 amide bonds. The van der Waals surface area contributed by atoms with Crippen molar-refractivity contribution in [2.45, 2.75) is 32.1 Å². The van der Waals surface area contributed by atoms with Gasteiger partial charge in [-0.05, 0) is 57.0 Å². The predicted molar refractivity (Wildman–Crippen MR) is 118 cm³/mol. The van der Waals surface area contributed by atoms with Crippen LogP contribution in [0.3, 0.4) is 0 Å². The van der Waals surface area contributed by atoms with Crippen molar-refractivity contribution in [3.63, 3.8) is 0 Å². The highest BCUT2D eigenvalue weighted by Gasteiger charge is 2.20. The summed E-state index contributed by atoms with van der Waals surface area (Å²) in [6.45, 7) is 5.95. The fourth-order valence-electron chi connectivity index (χ4n) is 3.43. The van der Waals surface area contributed by atoms with E-state index in [-0.39, 0.29) is 16.1 Å². The number of benzene rings is 2. The van der Waals surface area contributed by atoms with Gasteiger partial charge in [-0.1, -0.05) is 23.4 Å². The van der Waals surface area contributed by atoms with Crippen molar-refractivity contribution in [1.82, 2.24) is 5.16 Å². The largest absolute Gasteiger partial charge is 0.478 e. The summed E-state index contributed by atoms with van der Waals surface area (Å²) in [4.78, 5) is 13.8. The van der Waals surface area contributed by atoms with Crippen LogP contribution in [0.15, 0.2) is 51.9 Å². The number of aromatic carboxylic acids is 1. The number of carboxylic acid groups (broad SMARTS) is 1. The van der Waals surface area contributed by atoms with Gasteiger partial charge in [0.15, 0.2) is 0 Å². The molecule has 0 bridgehead atoms. The number of hydrogen-bond donors (Lipinski definition) is 2. The van der Waals surface area contributed by atoms with Gasteiger partial charge in [-0.2, -0.15) is 0 Å². The average molecular weight is 444 g/mol. The van der Waals surface area contributed by atoms with E-state index < -0.39 is 16.0 Å². The van der Waals surface area contributed by atoms with E-state index in [0.717, 1.165) is 17.0 Å². The monoisotopic (exact) mass is 443 g/mol. The standard InChI is InChI=1S/C22H25N3O5S/c1-14-7-5-6-8-21(14)31(28,29)24-17-9-10-20(19(13-17)22(26)27)25(4)12-11-18-15(2)23-30-16(18)3/h5-10,13,24H,11-12H2,1-4H3,(H,26,27). The third-order valence-electron chi connectivity index (χ3n) is 5.15. The fourth-order valence-corrected chi connectivity index (χ4v) is 4.73. The Balaban J connectivity index is 1.84. The van der Waals surface area contributed by atoms with Crippen molar-refractivity contribution < 1.29 is 22.8 Å². The number of carboxylic acids is 1. The molecule has 0 aliphatic rings. The van der Waals surface area contributed by atoms with Crippen molar-refractivity contribution >= 4 is 27.4 Å². The van der Waals surface area contributed by atoms with E-state index in [9.17, 15) is 18.3 Å².